The van der Waals surface area contributed by atoms with E-state index in [4.69, 9.17) is 18.9 Å². The van der Waals surface area contributed by atoms with Crippen LogP contribution in [0.4, 0.5) is 0 Å². The maximum absolute atomic E-state index is 14.0. The van der Waals surface area contributed by atoms with Gasteiger partial charge in [-0.05, 0) is 98.9 Å². The maximum atomic E-state index is 14.0. The topological polar surface area (TPSA) is 230 Å². The molecule has 14 nitrogen and oxygen atoms in total. The first-order valence-electron chi connectivity index (χ1n) is 20.5. The number of carboxylic acids is 1. The molecule has 4 aliphatic carbocycles. The number of carbonyl (C=O) groups is 3. The summed E-state index contributed by atoms with van der Waals surface area (Å²) in [5.41, 5.74) is 0.120. The molecule has 55 heavy (non-hydrogen) atoms. The second kappa shape index (κ2) is 16.0. The van der Waals surface area contributed by atoms with Gasteiger partial charge >= 0.3 is 5.97 Å². The van der Waals surface area contributed by atoms with Gasteiger partial charge in [0.05, 0.1) is 12.2 Å². The molecule has 312 valence electrons. The smallest absolute Gasteiger partial charge is 0.335 e. The molecule has 6 aliphatic rings. The minimum atomic E-state index is -1.82. The van der Waals surface area contributed by atoms with Crippen LogP contribution in [0.1, 0.15) is 106 Å². The fourth-order valence-corrected chi connectivity index (χ4v) is 12.1. The zero-order valence-electron chi connectivity index (χ0n) is 33.2. The van der Waals surface area contributed by atoms with Gasteiger partial charge in [0.1, 0.15) is 42.4 Å². The zero-order valence-corrected chi connectivity index (χ0v) is 33.2. The van der Waals surface area contributed by atoms with Crippen molar-refractivity contribution < 1.29 is 69.1 Å². The number of aliphatic hydroxyl groups excluding tert-OH is 6. The Morgan fingerprint density at radius 1 is 0.873 bits per heavy atom. The molecule has 19 atom stereocenters. The molecule has 14 heteroatoms. The molecule has 6 rings (SSSR count). The number of Topliss-reactive ketones (excluding diaryl/α,β-unsaturated/α-hetero) is 2. The molecule has 3 saturated carbocycles. The maximum Gasteiger partial charge on any atom is 0.335 e. The van der Waals surface area contributed by atoms with Gasteiger partial charge in [0.15, 0.2) is 24.4 Å². The number of carboxylic acid groups (broad SMARTS) is 1. The minimum absolute atomic E-state index is 0.0497. The van der Waals surface area contributed by atoms with Crippen LogP contribution in [0.5, 0.6) is 0 Å². The third kappa shape index (κ3) is 7.35. The van der Waals surface area contributed by atoms with E-state index in [1.165, 1.54) is 6.92 Å². The third-order valence-corrected chi connectivity index (χ3v) is 15.0. The van der Waals surface area contributed by atoms with E-state index < -0.39 is 78.9 Å². The summed E-state index contributed by atoms with van der Waals surface area (Å²) in [7, 11) is 0. The van der Waals surface area contributed by atoms with E-state index in [1.54, 1.807) is 0 Å². The number of aliphatic carboxylic acids is 1. The van der Waals surface area contributed by atoms with E-state index in [9.17, 15) is 50.1 Å². The lowest BCUT2D eigenvalue weighted by Gasteiger charge is -2.60. The Balaban J connectivity index is 1.11. The lowest BCUT2D eigenvalue weighted by molar-refractivity contribution is -0.356. The molecule has 0 radical (unpaired) electrons. The van der Waals surface area contributed by atoms with Crippen molar-refractivity contribution in [2.24, 2.45) is 52.3 Å². The second-order valence-corrected chi connectivity index (χ2v) is 18.5. The molecule has 0 bridgehead atoms. The first-order chi connectivity index (χ1) is 25.8. The lowest BCUT2D eigenvalue weighted by atomic mass is 9.44. The van der Waals surface area contributed by atoms with Crippen molar-refractivity contribution in [3.63, 3.8) is 0 Å². The van der Waals surface area contributed by atoms with Gasteiger partial charge in [-0.2, -0.15) is 0 Å². The van der Waals surface area contributed by atoms with Crippen molar-refractivity contribution >= 4 is 17.5 Å². The molecular formula is C41H64O14. The van der Waals surface area contributed by atoms with Crippen molar-refractivity contribution in [2.45, 2.75) is 174 Å². The van der Waals surface area contributed by atoms with Gasteiger partial charge in [-0.1, -0.05) is 41.5 Å². The monoisotopic (exact) mass is 780 g/mol. The molecule has 0 spiro atoms. The SMILES string of the molecule is CC[C@@H](C(=O)C[C@@H](C)C1=C(O)C(=O)[C@@H]2[C@@H]3CC[C@H]4C[C@@H](O[C@@H]5O[C@H](C(=O)O)[C@@H](O[C@H]6O[C@H](C)[C@@H](O)[C@H](O)[C@@H]6O)[C@H](O)[C@H]5O)CC[C@]4(C)[C@H]3CC[C@]12C)C(C)C. The number of hydrogen-bond acceptors (Lipinski definition) is 13. The van der Waals surface area contributed by atoms with E-state index in [0.717, 1.165) is 44.1 Å². The molecular weight excluding hydrogens is 716 g/mol. The molecule has 7 N–H and O–H groups in total. The van der Waals surface area contributed by atoms with Gasteiger partial charge in [-0.3, -0.25) is 9.59 Å². The number of ketones is 2. The highest BCUT2D eigenvalue weighted by Gasteiger charge is 2.64. The summed E-state index contributed by atoms with van der Waals surface area (Å²) in [4.78, 5) is 39.7. The average molecular weight is 781 g/mol. The largest absolute Gasteiger partial charge is 0.504 e. The van der Waals surface area contributed by atoms with Crippen LogP contribution in [0.25, 0.3) is 0 Å². The molecule has 2 heterocycles. The predicted molar refractivity (Wildman–Crippen MR) is 195 cm³/mol. The third-order valence-electron chi connectivity index (χ3n) is 15.0. The minimum Gasteiger partial charge on any atom is -0.504 e. The Bertz CT molecular complexity index is 1480. The number of ether oxygens (including phenoxy) is 4. The summed E-state index contributed by atoms with van der Waals surface area (Å²) < 4.78 is 23.0. The van der Waals surface area contributed by atoms with Gasteiger partial charge < -0.3 is 54.7 Å². The molecule has 2 aliphatic heterocycles. The van der Waals surface area contributed by atoms with Gasteiger partial charge in [0, 0.05) is 23.7 Å². The Morgan fingerprint density at radius 3 is 2.16 bits per heavy atom. The normalized spacial score (nSPS) is 47.1. The van der Waals surface area contributed by atoms with E-state index >= 15 is 0 Å². The Morgan fingerprint density at radius 2 is 1.53 bits per heavy atom. The van der Waals surface area contributed by atoms with Gasteiger partial charge in [0.25, 0.3) is 0 Å². The second-order valence-electron chi connectivity index (χ2n) is 18.5. The molecule has 0 amide bonds. The van der Waals surface area contributed by atoms with Crippen LogP contribution in [0, 0.1) is 52.3 Å². The van der Waals surface area contributed by atoms with Gasteiger partial charge in [-0.15, -0.1) is 0 Å². The Labute approximate surface area is 323 Å². The van der Waals surface area contributed by atoms with Crippen LogP contribution in [0.2, 0.25) is 0 Å². The van der Waals surface area contributed by atoms with Crippen LogP contribution < -0.4 is 0 Å². The summed E-state index contributed by atoms with van der Waals surface area (Å²) in [6.45, 7) is 14.0. The molecule has 0 unspecified atom stereocenters. The molecule has 0 aromatic heterocycles. The number of carbonyl (C=O) groups excluding carboxylic acids is 2. The highest BCUT2D eigenvalue weighted by atomic mass is 16.7. The summed E-state index contributed by atoms with van der Waals surface area (Å²) in [5.74, 6) is -1.52. The lowest BCUT2D eigenvalue weighted by Crippen LogP contribution is -2.65. The van der Waals surface area contributed by atoms with Crippen molar-refractivity contribution in [3.8, 4) is 0 Å². The number of hydrogen-bond donors (Lipinski definition) is 7. The summed E-state index contributed by atoms with van der Waals surface area (Å²) >= 11 is 0. The van der Waals surface area contributed by atoms with E-state index in [-0.39, 0.29) is 64.2 Å². The number of fused-ring (bicyclic) bond motifs is 5. The predicted octanol–water partition coefficient (Wildman–Crippen LogP) is 3.04. The van der Waals surface area contributed by atoms with E-state index in [1.807, 2.05) is 13.8 Å². The van der Waals surface area contributed by atoms with Crippen molar-refractivity contribution in [3.05, 3.63) is 11.3 Å². The summed E-state index contributed by atoms with van der Waals surface area (Å²) in [6.07, 6.45) is -10.1. The average Bonchev–Trinajstić information content (AvgIpc) is 3.33. The summed E-state index contributed by atoms with van der Waals surface area (Å²) in [5, 5.41) is 74.3. The summed E-state index contributed by atoms with van der Waals surface area (Å²) in [6, 6.07) is 0. The van der Waals surface area contributed by atoms with Crippen LogP contribution >= 0.6 is 0 Å². The van der Waals surface area contributed by atoms with Gasteiger partial charge in [0.2, 0.25) is 5.78 Å². The molecule has 5 fully saturated rings. The Kier molecular flexibility index (Phi) is 12.4. The van der Waals surface area contributed by atoms with E-state index in [0.29, 0.717) is 19.3 Å². The number of allylic oxidation sites excluding steroid dienone is 2. The standard InChI is InChI=1S/C41H64O14/c1-8-22(17(2)3)25(42)15-18(4)26-29(44)30(45)27-23-10-9-20-16-21(11-13-40(20,6)24(23)12-14-41(26,27)7)53-39-34(49)32(47)35(36(55-39)37(50)51)54-38-33(48)31(46)28(43)19(5)52-38/h17-24,27-28,31-36,38-39,43-44,46-49H,8-16H2,1-7H3,(H,50,51)/t18-,19-,20+,21+,22-,23-,24+,27+,28-,31+,32-,33+,34-,35+,36+,38-,39-,40+,41-/m1/s1. The zero-order chi connectivity index (χ0) is 40.5. The fraction of sp³-hybridized carbons (Fsp3) is 0.878. The number of rotatable bonds is 11. The fourth-order valence-electron chi connectivity index (χ4n) is 12.1. The van der Waals surface area contributed by atoms with Crippen LogP contribution in [-0.2, 0) is 33.3 Å². The van der Waals surface area contributed by atoms with Crippen molar-refractivity contribution in [1.29, 1.82) is 0 Å². The Hall–Kier alpha value is -2.01. The highest BCUT2D eigenvalue weighted by Crippen LogP contribution is 2.67. The molecule has 0 aromatic rings. The van der Waals surface area contributed by atoms with Gasteiger partial charge in [-0.25, -0.2) is 4.79 Å². The van der Waals surface area contributed by atoms with Crippen LogP contribution in [0.3, 0.4) is 0 Å². The number of aliphatic hydroxyl groups is 6. The highest BCUT2D eigenvalue weighted by molar-refractivity contribution is 6.00. The molecule has 0 aromatic carbocycles. The van der Waals surface area contributed by atoms with Crippen molar-refractivity contribution in [2.75, 3.05) is 0 Å². The first kappa shape index (κ1) is 42.6. The van der Waals surface area contributed by atoms with Crippen LogP contribution in [-0.4, -0.2) is 121 Å². The van der Waals surface area contributed by atoms with Crippen molar-refractivity contribution in [1.82, 2.24) is 0 Å². The first-order valence-corrected chi connectivity index (χ1v) is 20.5. The van der Waals surface area contributed by atoms with Crippen LogP contribution in [0.15, 0.2) is 11.3 Å². The quantitative estimate of drug-likeness (QED) is 0.150. The van der Waals surface area contributed by atoms with E-state index in [2.05, 4.69) is 27.7 Å². The molecule has 2 saturated heterocycles.